The first-order valence-electron chi connectivity index (χ1n) is 10.3. The highest BCUT2D eigenvalue weighted by Crippen LogP contribution is 2.43. The number of fused-ring (bicyclic) bond motifs is 1. The molecule has 2 rings (SSSR count). The first-order chi connectivity index (χ1) is 12.7. The van der Waals surface area contributed by atoms with Crippen LogP contribution in [0.1, 0.15) is 69.4 Å². The van der Waals surface area contributed by atoms with Crippen LogP contribution in [0.15, 0.2) is 6.07 Å². The Kier molecular flexibility index (Phi) is 9.10. The van der Waals surface area contributed by atoms with Crippen LogP contribution in [0.4, 0.5) is 0 Å². The van der Waals surface area contributed by atoms with Gasteiger partial charge in [-0.2, -0.15) is 0 Å². The van der Waals surface area contributed by atoms with Gasteiger partial charge in [0.1, 0.15) is 0 Å². The smallest absolute Gasteiger partial charge is 0.203 e. The summed E-state index contributed by atoms with van der Waals surface area (Å²) in [6.07, 6.45) is 12.0. The van der Waals surface area contributed by atoms with Gasteiger partial charge >= 0.3 is 0 Å². The molecule has 1 aromatic carbocycles. The molecule has 0 fully saturated rings. The molecule has 4 heteroatoms. The van der Waals surface area contributed by atoms with Gasteiger partial charge in [0.15, 0.2) is 11.5 Å². The number of nitrogens with zero attached hydrogens (tertiary/aromatic N) is 1. The lowest BCUT2D eigenvalue weighted by atomic mass is 9.97. The largest absolute Gasteiger partial charge is 0.493 e. The van der Waals surface area contributed by atoms with Crippen molar-refractivity contribution in [2.45, 2.75) is 71.3 Å². The van der Waals surface area contributed by atoms with E-state index in [1.165, 1.54) is 69.0 Å². The monoisotopic (exact) mass is 363 g/mol. The van der Waals surface area contributed by atoms with Gasteiger partial charge < -0.3 is 14.2 Å². The predicted molar refractivity (Wildman–Crippen MR) is 108 cm³/mol. The van der Waals surface area contributed by atoms with E-state index < -0.39 is 0 Å². The second kappa shape index (κ2) is 11.3. The van der Waals surface area contributed by atoms with E-state index in [9.17, 15) is 0 Å². The van der Waals surface area contributed by atoms with Gasteiger partial charge in [0.25, 0.3) is 0 Å². The van der Waals surface area contributed by atoms with Gasteiger partial charge in [0.05, 0.1) is 21.3 Å². The van der Waals surface area contributed by atoms with Crippen molar-refractivity contribution >= 4 is 0 Å². The summed E-state index contributed by atoms with van der Waals surface area (Å²) in [5.74, 6) is 2.31. The van der Waals surface area contributed by atoms with E-state index in [-0.39, 0.29) is 0 Å². The molecule has 0 saturated carbocycles. The number of hydrogen-bond acceptors (Lipinski definition) is 4. The van der Waals surface area contributed by atoms with E-state index in [1.807, 2.05) is 0 Å². The summed E-state index contributed by atoms with van der Waals surface area (Å²) in [6.45, 7) is 5.50. The summed E-state index contributed by atoms with van der Waals surface area (Å²) in [5.41, 5.74) is 2.59. The number of unbranched alkanes of at least 4 members (excludes halogenated alkanes) is 7. The fourth-order valence-corrected chi connectivity index (χ4v) is 3.90. The molecule has 1 aliphatic rings. The quantitative estimate of drug-likeness (QED) is 0.477. The van der Waals surface area contributed by atoms with Crippen LogP contribution < -0.4 is 14.2 Å². The van der Waals surface area contributed by atoms with Gasteiger partial charge in [-0.15, -0.1) is 0 Å². The Morgan fingerprint density at radius 1 is 0.846 bits per heavy atom. The molecule has 148 valence electrons. The molecule has 26 heavy (non-hydrogen) atoms. The van der Waals surface area contributed by atoms with E-state index in [2.05, 4.69) is 17.9 Å². The molecule has 0 aromatic heterocycles. The van der Waals surface area contributed by atoms with Crippen molar-refractivity contribution in [3.63, 3.8) is 0 Å². The lowest BCUT2D eigenvalue weighted by Gasteiger charge is -2.31. The van der Waals surface area contributed by atoms with Gasteiger partial charge in [0.2, 0.25) is 5.75 Å². The zero-order chi connectivity index (χ0) is 18.8. The van der Waals surface area contributed by atoms with Crippen LogP contribution in [0.2, 0.25) is 0 Å². The molecule has 1 aromatic rings. The van der Waals surface area contributed by atoms with Crippen LogP contribution in [0, 0.1) is 0 Å². The van der Waals surface area contributed by atoms with Crippen LogP contribution in [-0.4, -0.2) is 39.3 Å². The minimum Gasteiger partial charge on any atom is -0.493 e. The molecule has 0 aliphatic carbocycles. The SMILES string of the molecule is CCCCCCCCCCN1CCc2cc(OC)c(OC)c(OC)c2C1. The average Bonchev–Trinajstić information content (AvgIpc) is 2.68. The number of rotatable bonds is 12. The van der Waals surface area contributed by atoms with Crippen molar-refractivity contribution in [2.75, 3.05) is 34.4 Å². The summed E-state index contributed by atoms with van der Waals surface area (Å²) in [7, 11) is 5.07. The average molecular weight is 364 g/mol. The first kappa shape index (κ1) is 20.9. The summed E-state index contributed by atoms with van der Waals surface area (Å²) in [6, 6.07) is 2.12. The standard InChI is InChI=1S/C22H37NO3/c1-5-6-7-8-9-10-11-12-14-23-15-13-18-16-20(24-2)22(26-4)21(25-3)19(18)17-23/h16H,5-15,17H2,1-4H3. The Morgan fingerprint density at radius 2 is 1.50 bits per heavy atom. The molecular formula is C22H37NO3. The van der Waals surface area contributed by atoms with Crippen LogP contribution >= 0.6 is 0 Å². The van der Waals surface area contributed by atoms with Crippen molar-refractivity contribution in [1.29, 1.82) is 0 Å². The molecule has 0 radical (unpaired) electrons. The predicted octanol–water partition coefficient (Wildman–Crippen LogP) is 5.21. The molecule has 1 aliphatic heterocycles. The molecule has 0 N–H and O–H groups in total. The van der Waals surface area contributed by atoms with Crippen LogP contribution in [-0.2, 0) is 13.0 Å². The topological polar surface area (TPSA) is 30.9 Å². The maximum Gasteiger partial charge on any atom is 0.203 e. The summed E-state index contributed by atoms with van der Waals surface area (Å²) < 4.78 is 16.7. The molecule has 1 heterocycles. The lowest BCUT2D eigenvalue weighted by molar-refractivity contribution is 0.239. The Labute approximate surface area is 159 Å². The van der Waals surface area contributed by atoms with Crippen molar-refractivity contribution < 1.29 is 14.2 Å². The lowest BCUT2D eigenvalue weighted by Crippen LogP contribution is -2.31. The molecule has 0 amide bonds. The Hall–Kier alpha value is -1.42. The third-order valence-electron chi connectivity index (χ3n) is 5.43. The maximum absolute atomic E-state index is 5.68. The van der Waals surface area contributed by atoms with E-state index in [1.54, 1.807) is 21.3 Å². The van der Waals surface area contributed by atoms with Gasteiger partial charge in [-0.1, -0.05) is 51.9 Å². The van der Waals surface area contributed by atoms with Gasteiger partial charge in [-0.25, -0.2) is 0 Å². The summed E-state index contributed by atoms with van der Waals surface area (Å²) in [5, 5.41) is 0. The highest BCUT2D eigenvalue weighted by molar-refractivity contribution is 5.59. The maximum atomic E-state index is 5.68. The third kappa shape index (κ3) is 5.54. The Bertz CT molecular complexity index is 545. The highest BCUT2D eigenvalue weighted by atomic mass is 16.5. The minimum atomic E-state index is 0.711. The molecule has 0 unspecified atom stereocenters. The normalized spacial score (nSPS) is 14.2. The zero-order valence-electron chi connectivity index (χ0n) is 17.2. The van der Waals surface area contributed by atoms with E-state index in [0.717, 1.165) is 31.0 Å². The Balaban J connectivity index is 1.85. The first-order valence-corrected chi connectivity index (χ1v) is 10.3. The van der Waals surface area contributed by atoms with E-state index in [0.29, 0.717) is 5.75 Å². The molecule has 0 saturated heterocycles. The Morgan fingerprint density at radius 3 is 2.12 bits per heavy atom. The second-order valence-electron chi connectivity index (χ2n) is 7.28. The number of benzene rings is 1. The highest BCUT2D eigenvalue weighted by Gasteiger charge is 2.25. The van der Waals surface area contributed by atoms with Gasteiger partial charge in [-0.05, 0) is 31.0 Å². The van der Waals surface area contributed by atoms with Crippen molar-refractivity contribution in [1.82, 2.24) is 4.90 Å². The van der Waals surface area contributed by atoms with Crippen molar-refractivity contribution in [3.05, 3.63) is 17.2 Å². The molecule has 0 atom stereocenters. The summed E-state index contributed by atoms with van der Waals surface area (Å²) in [4.78, 5) is 2.55. The summed E-state index contributed by atoms with van der Waals surface area (Å²) >= 11 is 0. The molecule has 4 nitrogen and oxygen atoms in total. The fraction of sp³-hybridized carbons (Fsp3) is 0.727. The van der Waals surface area contributed by atoms with Gasteiger partial charge in [0, 0.05) is 18.7 Å². The van der Waals surface area contributed by atoms with Crippen molar-refractivity contribution in [2.24, 2.45) is 0 Å². The number of hydrogen-bond donors (Lipinski definition) is 0. The number of methoxy groups -OCH3 is 3. The number of ether oxygens (including phenoxy) is 3. The van der Waals surface area contributed by atoms with Crippen LogP contribution in [0.3, 0.4) is 0 Å². The van der Waals surface area contributed by atoms with Crippen LogP contribution in [0.25, 0.3) is 0 Å². The van der Waals surface area contributed by atoms with E-state index in [4.69, 9.17) is 14.2 Å². The molecular weight excluding hydrogens is 326 g/mol. The molecule has 0 spiro atoms. The van der Waals surface area contributed by atoms with Crippen molar-refractivity contribution in [3.8, 4) is 17.2 Å². The minimum absolute atomic E-state index is 0.711. The van der Waals surface area contributed by atoms with Gasteiger partial charge in [-0.3, -0.25) is 4.90 Å². The second-order valence-corrected chi connectivity index (χ2v) is 7.28. The van der Waals surface area contributed by atoms with E-state index >= 15 is 0 Å². The van der Waals surface area contributed by atoms with Crippen LogP contribution in [0.5, 0.6) is 17.2 Å². The third-order valence-corrected chi connectivity index (χ3v) is 5.43. The zero-order valence-corrected chi connectivity index (χ0v) is 17.2. The fourth-order valence-electron chi connectivity index (χ4n) is 3.90. The molecule has 0 bridgehead atoms.